The van der Waals surface area contributed by atoms with E-state index in [1.807, 2.05) is 19.9 Å². The lowest BCUT2D eigenvalue weighted by atomic mass is 9.60. The number of amides is 1. The van der Waals surface area contributed by atoms with Crippen LogP contribution in [-0.4, -0.2) is 58.8 Å². The highest BCUT2D eigenvalue weighted by molar-refractivity contribution is 6.19. The van der Waals surface area contributed by atoms with Crippen molar-refractivity contribution in [2.45, 2.75) is 82.3 Å². The second kappa shape index (κ2) is 6.39. The molecule has 3 fully saturated rings. The van der Waals surface area contributed by atoms with E-state index in [1.165, 1.54) is 7.11 Å². The van der Waals surface area contributed by atoms with Crippen molar-refractivity contribution in [1.29, 1.82) is 0 Å². The van der Waals surface area contributed by atoms with Crippen molar-refractivity contribution < 1.29 is 19.2 Å². The lowest BCUT2D eigenvalue weighted by Crippen LogP contribution is -2.59. The molecule has 5 aliphatic rings. The maximum atomic E-state index is 14.6. The molecule has 0 aromatic heterocycles. The first-order chi connectivity index (χ1) is 15.9. The number of Topliss-reactive ketones (excluding diaryl/α,β-unsaturated/α-hetero) is 1. The number of fused-ring (bicyclic) bond motifs is 3. The summed E-state index contributed by atoms with van der Waals surface area (Å²) < 4.78 is 5.55. The Balaban J connectivity index is 1.63. The Kier molecular flexibility index (Phi) is 4.14. The van der Waals surface area contributed by atoms with E-state index in [9.17, 15) is 19.7 Å². The zero-order valence-corrected chi connectivity index (χ0v) is 20.6. The summed E-state index contributed by atoms with van der Waals surface area (Å²) in [5.41, 5.74) is -1.75. The minimum atomic E-state index is -1.18. The molecule has 182 valence electrons. The molecule has 2 saturated heterocycles. The maximum absolute atomic E-state index is 14.6. The number of rotatable bonds is 2. The quantitative estimate of drug-likeness (QED) is 0.488. The molecule has 4 heterocycles. The average Bonchev–Trinajstić information content (AvgIpc) is 3.37. The van der Waals surface area contributed by atoms with E-state index in [4.69, 9.17) is 4.74 Å². The molecule has 8 heteroatoms. The first-order valence-corrected chi connectivity index (χ1v) is 12.4. The molecule has 0 N–H and O–H groups in total. The van der Waals surface area contributed by atoms with Crippen LogP contribution in [0.25, 0.3) is 0 Å². The first-order valence-electron chi connectivity index (χ1n) is 12.4. The maximum Gasteiger partial charge on any atom is 0.239 e. The monoisotopic (exact) mass is 467 g/mol. The molecule has 0 unspecified atom stereocenters. The molecule has 1 aliphatic carbocycles. The number of carbonyl (C=O) groups excluding carboxylic acids is 2. The van der Waals surface area contributed by atoms with Gasteiger partial charge in [0.15, 0.2) is 5.78 Å². The minimum absolute atomic E-state index is 0.0438. The van der Waals surface area contributed by atoms with Crippen molar-refractivity contribution in [3.8, 4) is 5.75 Å². The van der Waals surface area contributed by atoms with Crippen molar-refractivity contribution >= 4 is 17.4 Å². The van der Waals surface area contributed by atoms with Gasteiger partial charge in [-0.25, -0.2) is 0 Å². The fraction of sp³-hybridized carbons (Fsp3) is 0.692. The SMILES string of the molecule is COc1ccc2c3c1C(=O)CC(C)(C)N3C(=O)[C@@]21C[C@]2([N+](=O)[O-])CN3CCC[C@@H]3C[C@H]2C1(C)C. The number of methoxy groups -OCH3 is 1. The number of anilines is 1. The Morgan fingerprint density at radius 1 is 1.18 bits per heavy atom. The predicted octanol–water partition coefficient (Wildman–Crippen LogP) is 3.57. The number of ether oxygens (including phenoxy) is 1. The van der Waals surface area contributed by atoms with E-state index in [0.29, 0.717) is 29.6 Å². The Bertz CT molecular complexity index is 1160. The van der Waals surface area contributed by atoms with Crippen LogP contribution in [0.15, 0.2) is 12.1 Å². The second-order valence-electron chi connectivity index (χ2n) is 12.3. The Morgan fingerprint density at radius 2 is 1.91 bits per heavy atom. The van der Waals surface area contributed by atoms with Gasteiger partial charge in [0.05, 0.1) is 30.3 Å². The van der Waals surface area contributed by atoms with Gasteiger partial charge in [-0.1, -0.05) is 19.9 Å². The van der Waals surface area contributed by atoms with Crippen LogP contribution in [0.3, 0.4) is 0 Å². The molecular weight excluding hydrogens is 434 g/mol. The summed E-state index contributed by atoms with van der Waals surface area (Å²) in [5.74, 6) is 0.108. The average molecular weight is 468 g/mol. The molecule has 0 radical (unpaired) electrons. The number of hydrogen-bond donors (Lipinski definition) is 0. The highest BCUT2D eigenvalue weighted by atomic mass is 16.6. The lowest BCUT2D eigenvalue weighted by Gasteiger charge is -2.46. The molecule has 34 heavy (non-hydrogen) atoms. The molecule has 1 aromatic rings. The van der Waals surface area contributed by atoms with Gasteiger partial charge in [-0.2, -0.15) is 0 Å². The molecule has 4 atom stereocenters. The van der Waals surface area contributed by atoms with Crippen molar-refractivity contribution in [2.24, 2.45) is 11.3 Å². The zero-order valence-electron chi connectivity index (χ0n) is 20.6. The summed E-state index contributed by atoms with van der Waals surface area (Å²) in [6.45, 7) is 9.25. The van der Waals surface area contributed by atoms with Crippen molar-refractivity contribution in [3.05, 3.63) is 33.4 Å². The topological polar surface area (TPSA) is 93.0 Å². The molecular formula is C26H33N3O5. The van der Waals surface area contributed by atoms with Gasteiger partial charge in [-0.15, -0.1) is 0 Å². The zero-order chi connectivity index (χ0) is 24.4. The highest BCUT2D eigenvalue weighted by Crippen LogP contribution is 2.70. The van der Waals surface area contributed by atoms with Crippen LogP contribution in [0.5, 0.6) is 5.75 Å². The largest absolute Gasteiger partial charge is 0.496 e. The third-order valence-electron chi connectivity index (χ3n) is 10.1. The minimum Gasteiger partial charge on any atom is -0.496 e. The third-order valence-corrected chi connectivity index (χ3v) is 10.1. The number of nitro groups is 1. The molecule has 1 aromatic carbocycles. The number of benzene rings is 1. The number of hydrogen-bond acceptors (Lipinski definition) is 6. The van der Waals surface area contributed by atoms with Gasteiger partial charge in [0.25, 0.3) is 0 Å². The summed E-state index contributed by atoms with van der Waals surface area (Å²) in [5, 5.41) is 12.9. The lowest BCUT2D eigenvalue weighted by molar-refractivity contribution is -0.584. The van der Waals surface area contributed by atoms with Crippen LogP contribution >= 0.6 is 0 Å². The fourth-order valence-corrected chi connectivity index (χ4v) is 8.63. The van der Waals surface area contributed by atoms with Gasteiger partial charge in [-0.3, -0.25) is 24.6 Å². The molecule has 4 aliphatic heterocycles. The van der Waals surface area contributed by atoms with Gasteiger partial charge in [0, 0.05) is 35.3 Å². The Morgan fingerprint density at radius 3 is 2.59 bits per heavy atom. The molecule has 1 saturated carbocycles. The van der Waals surface area contributed by atoms with E-state index in [2.05, 4.69) is 18.7 Å². The van der Waals surface area contributed by atoms with Crippen molar-refractivity contribution in [1.82, 2.24) is 4.90 Å². The predicted molar refractivity (Wildman–Crippen MR) is 126 cm³/mol. The number of nitrogens with zero attached hydrogens (tertiary/aromatic N) is 3. The first kappa shape index (κ1) is 22.0. The van der Waals surface area contributed by atoms with Gasteiger partial charge >= 0.3 is 0 Å². The van der Waals surface area contributed by atoms with E-state index in [1.54, 1.807) is 11.0 Å². The van der Waals surface area contributed by atoms with Gasteiger partial charge in [0.2, 0.25) is 11.4 Å². The molecule has 6 rings (SSSR count). The van der Waals surface area contributed by atoms with Crippen LogP contribution in [0.2, 0.25) is 0 Å². The molecule has 8 nitrogen and oxygen atoms in total. The summed E-state index contributed by atoms with van der Waals surface area (Å²) in [6, 6.07) is 4.02. The van der Waals surface area contributed by atoms with Crippen LogP contribution in [0, 0.1) is 21.4 Å². The Labute approximate surface area is 199 Å². The molecule has 1 spiro atoms. The van der Waals surface area contributed by atoms with Gasteiger partial charge < -0.3 is 9.64 Å². The Hall–Kier alpha value is -2.48. The van der Waals surface area contributed by atoms with E-state index < -0.39 is 21.9 Å². The van der Waals surface area contributed by atoms with Crippen LogP contribution in [0.4, 0.5) is 5.69 Å². The van der Waals surface area contributed by atoms with Crippen LogP contribution in [0.1, 0.15) is 75.7 Å². The van der Waals surface area contributed by atoms with E-state index in [0.717, 1.165) is 31.4 Å². The fourth-order valence-electron chi connectivity index (χ4n) is 8.63. The highest BCUT2D eigenvalue weighted by Gasteiger charge is 2.79. The summed E-state index contributed by atoms with van der Waals surface area (Å²) >= 11 is 0. The summed E-state index contributed by atoms with van der Waals surface area (Å²) in [7, 11) is 1.53. The second-order valence-corrected chi connectivity index (χ2v) is 12.3. The van der Waals surface area contributed by atoms with Crippen LogP contribution in [-0.2, 0) is 10.2 Å². The van der Waals surface area contributed by atoms with Gasteiger partial charge in [-0.05, 0) is 56.7 Å². The number of carbonyl (C=O) groups is 2. The standard InChI is InChI=1S/C26H33N3O5/c1-23(2)12-17(30)20-18(34-5)9-8-16-21(20)28(23)22(31)26(16)13-25(29(32)33)14-27-10-6-7-15(27)11-19(25)24(26,3)4/h8-9,15,19H,6-7,10-14H2,1-5H3/t15-,19+,25+,26-/m1/s1. The number of piperidine rings is 1. The molecule has 0 bridgehead atoms. The van der Waals surface area contributed by atoms with Crippen LogP contribution < -0.4 is 9.64 Å². The van der Waals surface area contributed by atoms with E-state index >= 15 is 0 Å². The van der Waals surface area contributed by atoms with E-state index in [-0.39, 0.29) is 35.4 Å². The molecule has 1 amide bonds. The van der Waals surface area contributed by atoms with Crippen molar-refractivity contribution in [3.63, 3.8) is 0 Å². The summed E-state index contributed by atoms with van der Waals surface area (Å²) in [6.07, 6.45) is 3.25. The van der Waals surface area contributed by atoms with Crippen molar-refractivity contribution in [2.75, 3.05) is 25.1 Å². The summed E-state index contributed by atoms with van der Waals surface area (Å²) in [4.78, 5) is 44.8. The third kappa shape index (κ3) is 2.24. The van der Waals surface area contributed by atoms with Gasteiger partial charge in [0.1, 0.15) is 5.75 Å². The normalized spacial score (nSPS) is 37.0. The number of ketones is 1. The smallest absolute Gasteiger partial charge is 0.239 e.